The van der Waals surface area contributed by atoms with Crippen LogP contribution in [0.3, 0.4) is 0 Å². The third-order valence-electron chi connectivity index (χ3n) is 5.75. The molecule has 33 heavy (non-hydrogen) atoms. The molecule has 0 unspecified atom stereocenters. The highest BCUT2D eigenvalue weighted by Crippen LogP contribution is 2.28. The number of hydrogen-bond donors (Lipinski definition) is 3. The number of nitrogens with one attached hydrogen (secondary N) is 2. The van der Waals surface area contributed by atoms with Gasteiger partial charge in [-0.05, 0) is 74.0 Å². The molecule has 5 rings (SSSR count). The lowest BCUT2D eigenvalue weighted by molar-refractivity contribution is 0.410. The summed E-state index contributed by atoms with van der Waals surface area (Å²) in [4.78, 5) is 10.1. The maximum Gasteiger partial charge on any atom is 0.223 e. The van der Waals surface area contributed by atoms with E-state index in [1.54, 1.807) is 0 Å². The van der Waals surface area contributed by atoms with Gasteiger partial charge in [0.25, 0.3) is 0 Å². The number of anilines is 2. The van der Waals surface area contributed by atoms with Crippen LogP contribution in [0.4, 0.5) is 11.8 Å². The van der Waals surface area contributed by atoms with Crippen molar-refractivity contribution in [3.8, 4) is 11.3 Å². The highest BCUT2D eigenvalue weighted by molar-refractivity contribution is 8.00. The van der Waals surface area contributed by atoms with E-state index in [4.69, 9.17) is 17.3 Å². The summed E-state index contributed by atoms with van der Waals surface area (Å²) >= 11 is 7.60. The Morgan fingerprint density at radius 3 is 2.61 bits per heavy atom. The number of nitrogens with two attached hydrogens (primary N) is 1. The van der Waals surface area contributed by atoms with Crippen LogP contribution in [0.2, 0.25) is 5.02 Å². The number of fused-ring (bicyclic) bond motifs is 1. The number of nitrogens with zero attached hydrogens (tertiary/aromatic N) is 4. The lowest BCUT2D eigenvalue weighted by Gasteiger charge is -2.26. The van der Waals surface area contributed by atoms with Crippen LogP contribution in [0.1, 0.15) is 25.7 Å². The van der Waals surface area contributed by atoms with Crippen molar-refractivity contribution < 1.29 is 0 Å². The van der Waals surface area contributed by atoms with Gasteiger partial charge in [-0.3, -0.25) is 0 Å². The van der Waals surface area contributed by atoms with Gasteiger partial charge in [0.05, 0.1) is 16.2 Å². The first-order valence-corrected chi connectivity index (χ1v) is 12.1. The molecule has 2 heterocycles. The molecule has 4 aromatic rings. The van der Waals surface area contributed by atoms with Crippen molar-refractivity contribution >= 4 is 46.2 Å². The molecule has 0 atom stereocenters. The molecule has 0 amide bonds. The van der Waals surface area contributed by atoms with Crippen LogP contribution < -0.4 is 15.8 Å². The van der Waals surface area contributed by atoms with Gasteiger partial charge in [-0.15, -0.1) is 10.2 Å². The molecule has 0 spiro atoms. The molecular formula is C24H24ClN7S. The third kappa shape index (κ3) is 5.35. The van der Waals surface area contributed by atoms with Crippen molar-refractivity contribution in [2.75, 3.05) is 10.0 Å². The van der Waals surface area contributed by atoms with E-state index in [9.17, 15) is 0 Å². The van der Waals surface area contributed by atoms with Gasteiger partial charge in [0, 0.05) is 34.1 Å². The standard InChI is InChI=1S/C24H24ClN7S/c25-19-3-1-2-4-22(19)33-32-23-12-11-21(30-31-23)15-5-10-20-16(13-15)14-27-24(29-20)28-18-8-6-17(26)7-9-18/h1-5,10-14,17-18H,6-9,26H2,(H,31,32)(H,27,28,29)/t17-,18-. The van der Waals surface area contributed by atoms with E-state index in [2.05, 4.69) is 30.2 Å². The quantitative estimate of drug-likeness (QED) is 0.311. The molecule has 0 aliphatic heterocycles. The highest BCUT2D eigenvalue weighted by Gasteiger charge is 2.19. The molecule has 1 aliphatic carbocycles. The molecule has 0 bridgehead atoms. The van der Waals surface area contributed by atoms with Gasteiger partial charge >= 0.3 is 0 Å². The van der Waals surface area contributed by atoms with E-state index in [0.29, 0.717) is 28.9 Å². The first-order valence-electron chi connectivity index (χ1n) is 10.9. The lowest BCUT2D eigenvalue weighted by Crippen LogP contribution is -2.33. The molecule has 4 N–H and O–H groups in total. The van der Waals surface area contributed by atoms with Crippen LogP contribution in [0.15, 0.2) is 65.7 Å². The Bertz CT molecular complexity index is 1240. The Kier molecular flexibility index (Phi) is 6.57. The largest absolute Gasteiger partial charge is 0.351 e. The third-order valence-corrected chi connectivity index (χ3v) is 7.08. The molecule has 0 radical (unpaired) electrons. The Balaban J connectivity index is 1.26. The van der Waals surface area contributed by atoms with Gasteiger partial charge in [-0.25, -0.2) is 9.97 Å². The smallest absolute Gasteiger partial charge is 0.223 e. The van der Waals surface area contributed by atoms with E-state index in [0.717, 1.165) is 52.7 Å². The van der Waals surface area contributed by atoms with Crippen LogP contribution in [-0.4, -0.2) is 32.2 Å². The average Bonchev–Trinajstić information content (AvgIpc) is 2.85. The molecule has 9 heteroatoms. The van der Waals surface area contributed by atoms with Gasteiger partial charge in [0.15, 0.2) is 5.82 Å². The zero-order chi connectivity index (χ0) is 22.6. The van der Waals surface area contributed by atoms with Crippen molar-refractivity contribution in [2.24, 2.45) is 5.73 Å². The minimum atomic E-state index is 0.327. The zero-order valence-electron chi connectivity index (χ0n) is 17.9. The van der Waals surface area contributed by atoms with Crippen molar-refractivity contribution in [1.29, 1.82) is 0 Å². The number of aromatic nitrogens is 4. The summed E-state index contributed by atoms with van der Waals surface area (Å²) in [6.07, 6.45) is 6.06. The predicted octanol–water partition coefficient (Wildman–Crippen LogP) is 5.54. The van der Waals surface area contributed by atoms with Crippen LogP contribution in [0, 0.1) is 0 Å². The summed E-state index contributed by atoms with van der Waals surface area (Å²) in [7, 11) is 0. The van der Waals surface area contributed by atoms with Gasteiger partial charge in [-0.2, -0.15) is 0 Å². The van der Waals surface area contributed by atoms with Crippen LogP contribution >= 0.6 is 23.5 Å². The molecule has 1 aliphatic rings. The molecule has 1 fully saturated rings. The van der Waals surface area contributed by atoms with Gasteiger partial charge in [0.1, 0.15) is 0 Å². The van der Waals surface area contributed by atoms with Crippen molar-refractivity contribution in [3.05, 3.63) is 65.8 Å². The molecule has 2 aromatic carbocycles. The fourth-order valence-electron chi connectivity index (χ4n) is 3.88. The predicted molar refractivity (Wildman–Crippen MR) is 135 cm³/mol. The zero-order valence-corrected chi connectivity index (χ0v) is 19.5. The highest BCUT2D eigenvalue weighted by atomic mass is 35.5. The van der Waals surface area contributed by atoms with Crippen molar-refractivity contribution in [3.63, 3.8) is 0 Å². The Morgan fingerprint density at radius 1 is 0.970 bits per heavy atom. The Labute approximate surface area is 201 Å². The second-order valence-electron chi connectivity index (χ2n) is 8.16. The van der Waals surface area contributed by atoms with E-state index in [1.807, 2.05) is 60.8 Å². The van der Waals surface area contributed by atoms with Gasteiger partial charge in [-0.1, -0.05) is 29.8 Å². The first kappa shape index (κ1) is 21.9. The molecule has 1 saturated carbocycles. The summed E-state index contributed by atoms with van der Waals surface area (Å²) in [6.45, 7) is 0. The topological polar surface area (TPSA) is 102 Å². The van der Waals surface area contributed by atoms with Gasteiger partial charge < -0.3 is 15.8 Å². The fourth-order valence-corrected chi connectivity index (χ4v) is 4.77. The summed E-state index contributed by atoms with van der Waals surface area (Å²) in [5.41, 5.74) is 8.64. The molecule has 0 saturated heterocycles. The van der Waals surface area contributed by atoms with E-state index in [-0.39, 0.29) is 0 Å². The summed E-state index contributed by atoms with van der Waals surface area (Å²) in [5, 5.41) is 13.8. The van der Waals surface area contributed by atoms with E-state index >= 15 is 0 Å². The first-order chi connectivity index (χ1) is 16.1. The van der Waals surface area contributed by atoms with Crippen molar-refractivity contribution in [1.82, 2.24) is 20.2 Å². The average molecular weight is 478 g/mol. The number of halogens is 1. The second kappa shape index (κ2) is 9.91. The molecular weight excluding hydrogens is 454 g/mol. The summed E-state index contributed by atoms with van der Waals surface area (Å²) in [5.74, 6) is 1.33. The fraction of sp³-hybridized carbons (Fsp3) is 0.250. The maximum absolute atomic E-state index is 6.19. The molecule has 168 valence electrons. The van der Waals surface area contributed by atoms with Crippen molar-refractivity contribution in [2.45, 2.75) is 42.7 Å². The number of hydrogen-bond acceptors (Lipinski definition) is 8. The van der Waals surface area contributed by atoms with Gasteiger partial charge in [0.2, 0.25) is 5.95 Å². The number of benzene rings is 2. The SMILES string of the molecule is N[C@H]1CC[C@H](Nc2ncc3cc(-c4ccc(NSc5ccccc5Cl)nn4)ccc3n2)CC1. The Morgan fingerprint density at radius 2 is 1.82 bits per heavy atom. The van der Waals surface area contributed by atoms with Crippen LogP contribution in [0.25, 0.3) is 22.2 Å². The Hall–Kier alpha value is -2.94. The number of rotatable bonds is 6. The molecule has 7 nitrogen and oxygen atoms in total. The lowest BCUT2D eigenvalue weighted by atomic mass is 9.92. The molecule has 2 aromatic heterocycles. The second-order valence-corrected chi connectivity index (χ2v) is 9.42. The summed E-state index contributed by atoms with van der Waals surface area (Å²) in [6, 6.07) is 18.2. The van der Waals surface area contributed by atoms with Crippen LogP contribution in [-0.2, 0) is 0 Å². The minimum Gasteiger partial charge on any atom is -0.351 e. The normalized spacial score (nSPS) is 18.2. The minimum absolute atomic E-state index is 0.327. The van der Waals surface area contributed by atoms with E-state index < -0.39 is 0 Å². The summed E-state index contributed by atoms with van der Waals surface area (Å²) < 4.78 is 3.18. The van der Waals surface area contributed by atoms with Crippen LogP contribution in [0.5, 0.6) is 0 Å². The maximum atomic E-state index is 6.19. The van der Waals surface area contributed by atoms with E-state index in [1.165, 1.54) is 11.9 Å². The monoisotopic (exact) mass is 477 g/mol.